The maximum atomic E-state index is 12.2. The van der Waals surface area contributed by atoms with Crippen molar-refractivity contribution in [1.82, 2.24) is 4.90 Å². The van der Waals surface area contributed by atoms with Gasteiger partial charge in [0.05, 0.1) is 13.2 Å². The molecule has 3 rings (SSSR count). The molecule has 2 unspecified atom stereocenters. The Balaban J connectivity index is 2.20. The summed E-state index contributed by atoms with van der Waals surface area (Å²) in [6.45, 7) is 1.81. The van der Waals surface area contributed by atoms with Crippen molar-refractivity contribution in [2.45, 2.75) is 31.3 Å². The number of methoxy groups -OCH3 is 1. The summed E-state index contributed by atoms with van der Waals surface area (Å²) >= 11 is 0. The second-order valence-corrected chi connectivity index (χ2v) is 5.38. The third kappa shape index (κ3) is 1.65. The summed E-state index contributed by atoms with van der Waals surface area (Å²) in [5, 5.41) is 0. The average Bonchev–Trinajstić information content (AvgIpc) is 2.98. The van der Waals surface area contributed by atoms with Gasteiger partial charge >= 0.3 is 6.03 Å². The maximum absolute atomic E-state index is 12.2. The zero-order chi connectivity index (χ0) is 15.2. The summed E-state index contributed by atoms with van der Waals surface area (Å²) in [5.74, 6) is 3.67. The Morgan fingerprint density at radius 1 is 1.57 bits per heavy atom. The van der Waals surface area contributed by atoms with Gasteiger partial charge in [0.1, 0.15) is 17.1 Å². The Labute approximate surface area is 123 Å². The van der Waals surface area contributed by atoms with Crippen LogP contribution in [-0.4, -0.2) is 29.9 Å². The molecule has 0 saturated heterocycles. The van der Waals surface area contributed by atoms with Crippen molar-refractivity contribution in [2.24, 2.45) is 10.7 Å². The van der Waals surface area contributed by atoms with Crippen LogP contribution in [0.3, 0.4) is 0 Å². The Kier molecular flexibility index (Phi) is 2.91. The highest BCUT2D eigenvalue weighted by molar-refractivity contribution is 6.07. The minimum absolute atomic E-state index is 0.321. The molecule has 2 amide bonds. The van der Waals surface area contributed by atoms with E-state index in [2.05, 4.69) is 10.9 Å². The number of nitrogens with zero attached hydrogens (tertiary/aromatic N) is 2. The van der Waals surface area contributed by atoms with Gasteiger partial charge in [-0.25, -0.2) is 4.79 Å². The highest BCUT2D eigenvalue weighted by atomic mass is 16.5. The number of urea groups is 1. The lowest BCUT2D eigenvalue weighted by molar-refractivity contribution is 0.158. The molecule has 1 aromatic rings. The fraction of sp³-hybridized carbons (Fsp3) is 0.375. The third-order valence-corrected chi connectivity index (χ3v) is 4.40. The molecule has 2 aliphatic rings. The summed E-state index contributed by atoms with van der Waals surface area (Å²) in [5.41, 5.74) is 7.52. The molecule has 1 aliphatic heterocycles. The lowest BCUT2D eigenvalue weighted by Crippen LogP contribution is -2.53. The molecule has 0 saturated carbocycles. The lowest BCUT2D eigenvalue weighted by atomic mass is 9.88. The Hall–Kier alpha value is -2.48. The van der Waals surface area contributed by atoms with Gasteiger partial charge < -0.3 is 10.5 Å². The van der Waals surface area contributed by atoms with E-state index in [0.29, 0.717) is 12.3 Å². The molecule has 0 radical (unpaired) electrons. The Morgan fingerprint density at radius 2 is 2.33 bits per heavy atom. The number of terminal acetylenes is 1. The Morgan fingerprint density at radius 3 is 3.00 bits per heavy atom. The molecular weight excluding hydrogens is 266 g/mol. The van der Waals surface area contributed by atoms with E-state index in [-0.39, 0.29) is 12.1 Å². The molecule has 5 nitrogen and oxygen atoms in total. The van der Waals surface area contributed by atoms with E-state index in [1.54, 1.807) is 12.0 Å². The summed E-state index contributed by atoms with van der Waals surface area (Å²) in [6.07, 6.45) is 7.05. The van der Waals surface area contributed by atoms with Crippen LogP contribution in [-0.2, 0) is 12.0 Å². The van der Waals surface area contributed by atoms with Crippen molar-refractivity contribution in [1.29, 1.82) is 0 Å². The van der Waals surface area contributed by atoms with Crippen molar-refractivity contribution in [2.75, 3.05) is 7.11 Å². The number of amidine groups is 1. The minimum Gasteiger partial charge on any atom is -0.497 e. The fourth-order valence-corrected chi connectivity index (χ4v) is 3.36. The SMILES string of the molecule is C#CC(C)N1C(=O)N=C(N)C12CCc1ccc(OC)cc12. The molecule has 1 aliphatic carbocycles. The number of hydrogen-bond donors (Lipinski definition) is 1. The highest BCUT2D eigenvalue weighted by Crippen LogP contribution is 2.47. The van der Waals surface area contributed by atoms with Crippen LogP contribution in [0.5, 0.6) is 5.75 Å². The molecule has 21 heavy (non-hydrogen) atoms. The third-order valence-electron chi connectivity index (χ3n) is 4.40. The minimum atomic E-state index is -0.729. The van der Waals surface area contributed by atoms with Gasteiger partial charge in [0, 0.05) is 0 Å². The topological polar surface area (TPSA) is 67.9 Å². The van der Waals surface area contributed by atoms with Crippen LogP contribution in [0.25, 0.3) is 0 Å². The first kappa shape index (κ1) is 13.5. The normalized spacial score (nSPS) is 24.7. The zero-order valence-electron chi connectivity index (χ0n) is 12.1. The van der Waals surface area contributed by atoms with Gasteiger partial charge in [-0.05, 0) is 43.0 Å². The summed E-state index contributed by atoms with van der Waals surface area (Å²) in [7, 11) is 1.61. The van der Waals surface area contributed by atoms with Gasteiger partial charge in [-0.15, -0.1) is 6.42 Å². The molecule has 2 N–H and O–H groups in total. The van der Waals surface area contributed by atoms with Gasteiger partial charge in [0.15, 0.2) is 0 Å². The van der Waals surface area contributed by atoms with Crippen molar-refractivity contribution >= 4 is 11.9 Å². The predicted molar refractivity (Wildman–Crippen MR) is 80.1 cm³/mol. The number of carbonyl (C=O) groups is 1. The van der Waals surface area contributed by atoms with Crippen molar-refractivity contribution in [3.05, 3.63) is 29.3 Å². The first-order valence-electron chi connectivity index (χ1n) is 6.86. The smallest absolute Gasteiger partial charge is 0.347 e. The molecule has 108 valence electrons. The van der Waals surface area contributed by atoms with Crippen LogP contribution in [0.15, 0.2) is 23.2 Å². The number of rotatable bonds is 2. The quantitative estimate of drug-likeness (QED) is 0.839. The number of carbonyl (C=O) groups excluding carboxylic acids is 1. The molecule has 0 fully saturated rings. The second kappa shape index (κ2) is 4.52. The maximum Gasteiger partial charge on any atom is 0.347 e. The average molecular weight is 283 g/mol. The number of aliphatic imine (C=N–C) groups is 1. The molecule has 0 aromatic heterocycles. The monoisotopic (exact) mass is 283 g/mol. The molecule has 2 atom stereocenters. The van der Waals surface area contributed by atoms with E-state index in [1.807, 2.05) is 25.1 Å². The summed E-state index contributed by atoms with van der Waals surface area (Å²) < 4.78 is 5.30. The van der Waals surface area contributed by atoms with Crippen molar-refractivity contribution in [3.63, 3.8) is 0 Å². The lowest BCUT2D eigenvalue weighted by Gasteiger charge is -2.37. The zero-order valence-corrected chi connectivity index (χ0v) is 12.1. The number of nitrogens with two attached hydrogens (primary N) is 1. The largest absolute Gasteiger partial charge is 0.497 e. The van der Waals surface area contributed by atoms with Gasteiger partial charge in [-0.1, -0.05) is 12.0 Å². The number of hydrogen-bond acceptors (Lipinski definition) is 3. The molecule has 0 bridgehead atoms. The van der Waals surface area contributed by atoms with Gasteiger partial charge in [0.25, 0.3) is 0 Å². The molecule has 5 heteroatoms. The van der Waals surface area contributed by atoms with Gasteiger partial charge in [-0.2, -0.15) is 4.99 Å². The number of fused-ring (bicyclic) bond motifs is 2. The predicted octanol–water partition coefficient (Wildman–Crippen LogP) is 1.65. The molecule has 1 aromatic carbocycles. The van der Waals surface area contributed by atoms with Crippen LogP contribution in [0, 0.1) is 12.3 Å². The second-order valence-electron chi connectivity index (χ2n) is 5.38. The first-order valence-corrected chi connectivity index (χ1v) is 6.86. The number of ether oxygens (including phenoxy) is 1. The van der Waals surface area contributed by atoms with Gasteiger partial charge in [-0.3, -0.25) is 4.90 Å². The van der Waals surface area contributed by atoms with Crippen LogP contribution in [0.2, 0.25) is 0 Å². The van der Waals surface area contributed by atoms with E-state index in [1.165, 1.54) is 0 Å². The fourth-order valence-electron chi connectivity index (χ4n) is 3.36. The van der Waals surface area contributed by atoms with Gasteiger partial charge in [0.2, 0.25) is 0 Å². The highest BCUT2D eigenvalue weighted by Gasteiger charge is 2.54. The van der Waals surface area contributed by atoms with E-state index in [9.17, 15) is 4.79 Å². The van der Waals surface area contributed by atoms with Crippen LogP contribution in [0.1, 0.15) is 24.5 Å². The molecule has 1 heterocycles. The number of amides is 2. The standard InChI is InChI=1S/C16H17N3O2/c1-4-10(2)19-15(20)18-14(17)16(19)8-7-11-5-6-12(21-3)9-13(11)16/h1,5-6,9-10H,7-8H2,2-3H3,(H2,17,18,20). The van der Waals surface area contributed by atoms with E-state index < -0.39 is 5.54 Å². The van der Waals surface area contributed by atoms with E-state index in [0.717, 1.165) is 23.3 Å². The van der Waals surface area contributed by atoms with Crippen LogP contribution in [0.4, 0.5) is 4.79 Å². The van der Waals surface area contributed by atoms with E-state index in [4.69, 9.17) is 16.9 Å². The number of benzene rings is 1. The summed E-state index contributed by atoms with van der Waals surface area (Å²) in [6, 6.07) is 5.11. The van der Waals surface area contributed by atoms with Crippen LogP contribution >= 0.6 is 0 Å². The molecular formula is C16H17N3O2. The van der Waals surface area contributed by atoms with E-state index >= 15 is 0 Å². The first-order chi connectivity index (χ1) is 10.0. The number of aryl methyl sites for hydroxylation is 1. The summed E-state index contributed by atoms with van der Waals surface area (Å²) in [4.78, 5) is 17.8. The van der Waals surface area contributed by atoms with Crippen molar-refractivity contribution in [3.8, 4) is 18.1 Å². The van der Waals surface area contributed by atoms with Crippen LogP contribution < -0.4 is 10.5 Å². The van der Waals surface area contributed by atoms with Crippen molar-refractivity contribution < 1.29 is 9.53 Å². The molecule has 1 spiro atoms. The Bertz CT molecular complexity index is 689.